The highest BCUT2D eigenvalue weighted by molar-refractivity contribution is 7.71. The van der Waals surface area contributed by atoms with Crippen LogP contribution in [0.4, 0.5) is 0 Å². The summed E-state index contributed by atoms with van der Waals surface area (Å²) in [4.78, 5) is 14.0. The number of hydrogen-bond donors (Lipinski definition) is 2. The molecule has 0 saturated heterocycles. The predicted octanol–water partition coefficient (Wildman–Crippen LogP) is 2.14. The molecule has 1 aromatic carbocycles. The van der Waals surface area contributed by atoms with Crippen molar-refractivity contribution in [1.29, 1.82) is 0 Å². The van der Waals surface area contributed by atoms with Crippen LogP contribution in [-0.4, -0.2) is 22.0 Å². The number of benzene rings is 1. The third-order valence-corrected chi connectivity index (χ3v) is 2.96. The minimum atomic E-state index is -0.0208. The van der Waals surface area contributed by atoms with E-state index in [0.29, 0.717) is 17.9 Å². The summed E-state index contributed by atoms with van der Waals surface area (Å²) in [6, 6.07) is 6.16. The molecule has 0 unspecified atom stereocenters. The molecular formula is C12H15N3OS. The fraction of sp³-hybridized carbons (Fsp3) is 0.333. The van der Waals surface area contributed by atoms with E-state index in [1.165, 1.54) is 12.5 Å². The van der Waals surface area contributed by atoms with Crippen LogP contribution >= 0.6 is 12.2 Å². The minimum absolute atomic E-state index is 0.0208. The van der Waals surface area contributed by atoms with Crippen molar-refractivity contribution in [2.45, 2.75) is 20.4 Å². The van der Waals surface area contributed by atoms with Crippen molar-refractivity contribution in [2.24, 2.45) is 0 Å². The second-order valence-electron chi connectivity index (χ2n) is 4.09. The Morgan fingerprint density at radius 3 is 3.00 bits per heavy atom. The van der Waals surface area contributed by atoms with Crippen molar-refractivity contribution in [1.82, 2.24) is 14.9 Å². The van der Waals surface area contributed by atoms with E-state index in [1.807, 2.05) is 23.6 Å². The number of H-pyrrole nitrogens is 1. The number of fused-ring (bicyclic) bond motifs is 1. The summed E-state index contributed by atoms with van der Waals surface area (Å²) < 4.78 is 2.70. The number of aryl methyl sites for hydroxylation is 1. The maximum Gasteiger partial charge on any atom is 0.216 e. The first-order valence-electron chi connectivity index (χ1n) is 5.51. The maximum absolute atomic E-state index is 10.8. The molecule has 90 valence electrons. The Morgan fingerprint density at radius 1 is 1.53 bits per heavy atom. The second-order valence-corrected chi connectivity index (χ2v) is 4.47. The maximum atomic E-state index is 10.8. The highest BCUT2D eigenvalue weighted by Crippen LogP contribution is 2.15. The van der Waals surface area contributed by atoms with Crippen molar-refractivity contribution in [3.05, 3.63) is 28.5 Å². The second kappa shape index (κ2) is 4.71. The molecule has 0 aliphatic heterocycles. The van der Waals surface area contributed by atoms with E-state index in [2.05, 4.69) is 16.4 Å². The van der Waals surface area contributed by atoms with Crippen molar-refractivity contribution in [3.8, 4) is 0 Å². The van der Waals surface area contributed by atoms with Gasteiger partial charge in [0.25, 0.3) is 0 Å². The smallest absolute Gasteiger partial charge is 0.216 e. The van der Waals surface area contributed by atoms with Gasteiger partial charge in [0.1, 0.15) is 0 Å². The first-order valence-corrected chi connectivity index (χ1v) is 5.92. The van der Waals surface area contributed by atoms with Gasteiger partial charge in [-0.15, -0.1) is 0 Å². The lowest BCUT2D eigenvalue weighted by Gasteiger charge is -2.05. The standard InChI is InChI=1S/C12H15N3OS/c1-8-3-4-10-11(7-8)15(12(17)14-10)6-5-13-9(2)16/h3-4,7H,5-6H2,1-2H3,(H,13,16)(H,14,17). The number of amides is 1. The molecule has 0 aliphatic carbocycles. The summed E-state index contributed by atoms with van der Waals surface area (Å²) in [7, 11) is 0. The molecule has 0 atom stereocenters. The van der Waals surface area contributed by atoms with Crippen LogP contribution in [0.2, 0.25) is 0 Å². The highest BCUT2D eigenvalue weighted by Gasteiger charge is 2.04. The van der Waals surface area contributed by atoms with Crippen molar-refractivity contribution >= 4 is 29.2 Å². The van der Waals surface area contributed by atoms with Gasteiger partial charge in [0.2, 0.25) is 5.91 Å². The van der Waals surface area contributed by atoms with Gasteiger partial charge >= 0.3 is 0 Å². The molecule has 0 bridgehead atoms. The topological polar surface area (TPSA) is 49.8 Å². The van der Waals surface area contributed by atoms with Crippen molar-refractivity contribution in [3.63, 3.8) is 0 Å². The molecule has 0 radical (unpaired) electrons. The monoisotopic (exact) mass is 249 g/mol. The number of nitrogens with one attached hydrogen (secondary N) is 2. The van der Waals surface area contributed by atoms with Crippen LogP contribution < -0.4 is 5.32 Å². The van der Waals surface area contributed by atoms with E-state index in [0.717, 1.165) is 11.0 Å². The summed E-state index contributed by atoms with van der Waals surface area (Å²) in [6.07, 6.45) is 0. The molecule has 0 saturated carbocycles. The molecule has 2 N–H and O–H groups in total. The van der Waals surface area contributed by atoms with Crippen LogP contribution in [-0.2, 0) is 11.3 Å². The summed E-state index contributed by atoms with van der Waals surface area (Å²) >= 11 is 5.27. The van der Waals surface area contributed by atoms with Crippen LogP contribution in [0.3, 0.4) is 0 Å². The lowest BCUT2D eigenvalue weighted by molar-refractivity contribution is -0.118. The number of carbonyl (C=O) groups excluding carboxylic acids is 1. The Bertz CT molecular complexity index is 612. The number of nitrogens with zero attached hydrogens (tertiary/aromatic N) is 1. The van der Waals surface area contributed by atoms with Crippen LogP contribution in [0.15, 0.2) is 18.2 Å². The van der Waals surface area contributed by atoms with Gasteiger partial charge in [-0.05, 0) is 36.8 Å². The Labute approximate surface area is 105 Å². The molecule has 0 fully saturated rings. The number of aromatic amines is 1. The zero-order valence-corrected chi connectivity index (χ0v) is 10.7. The zero-order valence-electron chi connectivity index (χ0n) is 9.91. The normalized spacial score (nSPS) is 10.7. The third-order valence-electron chi connectivity index (χ3n) is 2.64. The Balaban J connectivity index is 2.32. The average Bonchev–Trinajstić information content (AvgIpc) is 2.55. The van der Waals surface area contributed by atoms with Gasteiger partial charge in [0.15, 0.2) is 4.77 Å². The lowest BCUT2D eigenvalue weighted by atomic mass is 10.2. The third kappa shape index (κ3) is 2.55. The van der Waals surface area contributed by atoms with E-state index < -0.39 is 0 Å². The summed E-state index contributed by atoms with van der Waals surface area (Å²) in [5.74, 6) is -0.0208. The fourth-order valence-corrected chi connectivity index (χ4v) is 2.13. The molecule has 17 heavy (non-hydrogen) atoms. The van der Waals surface area contributed by atoms with E-state index in [-0.39, 0.29) is 5.91 Å². The van der Waals surface area contributed by atoms with E-state index in [4.69, 9.17) is 12.2 Å². The van der Waals surface area contributed by atoms with E-state index >= 15 is 0 Å². The summed E-state index contributed by atoms with van der Waals surface area (Å²) in [5.41, 5.74) is 3.31. The Hall–Kier alpha value is -1.62. The van der Waals surface area contributed by atoms with Gasteiger partial charge in [-0.2, -0.15) is 0 Å². The molecule has 2 rings (SSSR count). The first-order chi connectivity index (χ1) is 8.08. The largest absolute Gasteiger partial charge is 0.355 e. The van der Waals surface area contributed by atoms with E-state index in [1.54, 1.807) is 0 Å². The van der Waals surface area contributed by atoms with Gasteiger partial charge in [0, 0.05) is 20.0 Å². The molecule has 4 nitrogen and oxygen atoms in total. The SMILES string of the molecule is CC(=O)NCCn1c(=S)[nH]c2ccc(C)cc21. The Kier molecular flexibility index (Phi) is 3.28. The number of imidazole rings is 1. The minimum Gasteiger partial charge on any atom is -0.355 e. The number of rotatable bonds is 3. The highest BCUT2D eigenvalue weighted by atomic mass is 32.1. The summed E-state index contributed by atoms with van der Waals surface area (Å²) in [5, 5.41) is 2.77. The number of aromatic nitrogens is 2. The van der Waals surface area contributed by atoms with Crippen LogP contribution in [0, 0.1) is 11.7 Å². The van der Waals surface area contributed by atoms with E-state index in [9.17, 15) is 4.79 Å². The first kappa shape index (κ1) is 11.9. The molecule has 0 aliphatic rings. The molecule has 1 heterocycles. The van der Waals surface area contributed by atoms with Gasteiger partial charge in [-0.25, -0.2) is 0 Å². The molecular weight excluding hydrogens is 234 g/mol. The fourth-order valence-electron chi connectivity index (χ4n) is 1.83. The molecule has 2 aromatic rings. The lowest BCUT2D eigenvalue weighted by Crippen LogP contribution is -2.24. The molecule has 1 amide bonds. The van der Waals surface area contributed by atoms with Crippen LogP contribution in [0.25, 0.3) is 11.0 Å². The number of carbonyl (C=O) groups is 1. The molecule has 1 aromatic heterocycles. The van der Waals surface area contributed by atoms with Gasteiger partial charge in [-0.3, -0.25) is 4.79 Å². The van der Waals surface area contributed by atoms with Crippen molar-refractivity contribution in [2.75, 3.05) is 6.54 Å². The number of hydrogen-bond acceptors (Lipinski definition) is 2. The van der Waals surface area contributed by atoms with Crippen molar-refractivity contribution < 1.29 is 4.79 Å². The quantitative estimate of drug-likeness (QED) is 0.819. The van der Waals surface area contributed by atoms with Crippen LogP contribution in [0.1, 0.15) is 12.5 Å². The molecule has 0 spiro atoms. The zero-order chi connectivity index (χ0) is 12.4. The van der Waals surface area contributed by atoms with Gasteiger partial charge < -0.3 is 14.9 Å². The van der Waals surface area contributed by atoms with Gasteiger partial charge in [-0.1, -0.05) is 6.07 Å². The Morgan fingerprint density at radius 2 is 2.29 bits per heavy atom. The van der Waals surface area contributed by atoms with Gasteiger partial charge in [0.05, 0.1) is 11.0 Å². The van der Waals surface area contributed by atoms with Crippen LogP contribution in [0.5, 0.6) is 0 Å². The average molecular weight is 249 g/mol. The predicted molar refractivity (Wildman–Crippen MR) is 70.5 cm³/mol. The summed E-state index contributed by atoms with van der Waals surface area (Å²) in [6.45, 7) is 4.83. The molecule has 5 heteroatoms.